The molecule has 1 aromatic carbocycles. The number of hydrogen-bond donors (Lipinski definition) is 1. The Bertz CT molecular complexity index is 374. The summed E-state index contributed by atoms with van der Waals surface area (Å²) in [5, 5.41) is 8.81. The normalized spacial score (nSPS) is 24.3. The van der Waals surface area contributed by atoms with Gasteiger partial charge in [-0.15, -0.1) is 11.6 Å². The number of carboxylic acid groups (broad SMARTS) is 1. The lowest BCUT2D eigenvalue weighted by Gasteiger charge is -2.16. The van der Waals surface area contributed by atoms with E-state index in [0.717, 1.165) is 19.3 Å². The van der Waals surface area contributed by atoms with Crippen LogP contribution < -0.4 is 4.74 Å². The number of alkyl halides is 1. The van der Waals surface area contributed by atoms with E-state index in [9.17, 15) is 4.79 Å². The van der Waals surface area contributed by atoms with E-state index in [2.05, 4.69) is 0 Å². The minimum atomic E-state index is -0.928. The van der Waals surface area contributed by atoms with Crippen LogP contribution in [-0.2, 0) is 0 Å². The average molecular weight is 241 g/mol. The van der Waals surface area contributed by atoms with Gasteiger partial charge in [0.2, 0.25) is 0 Å². The lowest BCUT2D eigenvalue weighted by Crippen LogP contribution is -2.21. The fraction of sp³-hybridized carbons (Fsp3) is 0.417. The van der Waals surface area contributed by atoms with Crippen molar-refractivity contribution in [3.05, 3.63) is 29.8 Å². The molecule has 0 heterocycles. The Morgan fingerprint density at radius 1 is 1.31 bits per heavy atom. The molecular weight excluding hydrogens is 228 g/mol. The molecule has 3 nitrogen and oxygen atoms in total. The van der Waals surface area contributed by atoms with Gasteiger partial charge in [-0.3, -0.25) is 0 Å². The van der Waals surface area contributed by atoms with Gasteiger partial charge >= 0.3 is 5.97 Å². The number of carboxylic acids is 1. The fourth-order valence-electron chi connectivity index (χ4n) is 1.86. The second-order valence-electron chi connectivity index (χ2n) is 3.93. The largest absolute Gasteiger partial charge is 0.489 e. The molecule has 16 heavy (non-hydrogen) atoms. The van der Waals surface area contributed by atoms with Crippen LogP contribution in [0.4, 0.5) is 0 Å². The number of hydrogen-bond acceptors (Lipinski definition) is 2. The fourth-order valence-corrected chi connectivity index (χ4v) is 2.20. The van der Waals surface area contributed by atoms with Crippen LogP contribution >= 0.6 is 11.6 Å². The van der Waals surface area contributed by atoms with Crippen molar-refractivity contribution in [2.45, 2.75) is 30.7 Å². The molecule has 2 rings (SSSR count). The molecule has 2 atom stereocenters. The molecule has 0 bridgehead atoms. The van der Waals surface area contributed by atoms with Gasteiger partial charge < -0.3 is 9.84 Å². The molecule has 0 spiro atoms. The van der Waals surface area contributed by atoms with Crippen molar-refractivity contribution in [2.24, 2.45) is 0 Å². The molecule has 0 amide bonds. The highest BCUT2D eigenvalue weighted by Gasteiger charge is 2.26. The first-order chi connectivity index (χ1) is 7.66. The number of carbonyl (C=O) groups is 1. The van der Waals surface area contributed by atoms with Gasteiger partial charge in [0, 0.05) is 0 Å². The summed E-state index contributed by atoms with van der Waals surface area (Å²) in [6.07, 6.45) is 3.10. The zero-order valence-corrected chi connectivity index (χ0v) is 9.48. The van der Waals surface area contributed by atoms with Gasteiger partial charge in [0.15, 0.2) is 0 Å². The minimum absolute atomic E-state index is 0.0531. The van der Waals surface area contributed by atoms with Gasteiger partial charge in [-0.25, -0.2) is 4.79 Å². The summed E-state index contributed by atoms with van der Waals surface area (Å²) < 4.78 is 5.70. The second-order valence-corrected chi connectivity index (χ2v) is 4.49. The lowest BCUT2D eigenvalue weighted by molar-refractivity contribution is 0.0697. The van der Waals surface area contributed by atoms with Gasteiger partial charge in [0.05, 0.1) is 10.9 Å². The van der Waals surface area contributed by atoms with Crippen LogP contribution in [0, 0.1) is 0 Å². The molecule has 2 unspecified atom stereocenters. The van der Waals surface area contributed by atoms with Crippen molar-refractivity contribution < 1.29 is 14.6 Å². The third-order valence-corrected chi connectivity index (χ3v) is 3.26. The van der Waals surface area contributed by atoms with E-state index in [-0.39, 0.29) is 17.0 Å². The first kappa shape index (κ1) is 11.3. The summed E-state index contributed by atoms with van der Waals surface area (Å²) in [6, 6.07) is 6.42. The Balaban J connectivity index is 2.02. The monoisotopic (exact) mass is 240 g/mol. The van der Waals surface area contributed by atoms with E-state index in [1.807, 2.05) is 0 Å². The smallest absolute Gasteiger partial charge is 0.335 e. The maximum absolute atomic E-state index is 10.6. The van der Waals surface area contributed by atoms with E-state index in [4.69, 9.17) is 21.4 Å². The molecule has 1 aliphatic carbocycles. The molecule has 0 saturated heterocycles. The highest BCUT2D eigenvalue weighted by atomic mass is 35.5. The summed E-state index contributed by atoms with van der Waals surface area (Å²) in [7, 11) is 0. The Hall–Kier alpha value is -1.22. The molecule has 0 aromatic heterocycles. The molecular formula is C12H13ClO3. The van der Waals surface area contributed by atoms with E-state index in [0.29, 0.717) is 5.75 Å². The topological polar surface area (TPSA) is 46.5 Å². The Morgan fingerprint density at radius 3 is 2.50 bits per heavy atom. The van der Waals surface area contributed by atoms with Crippen LogP contribution in [0.2, 0.25) is 0 Å². The SMILES string of the molecule is O=C(O)c1ccc(OC2CCCC2Cl)cc1. The maximum atomic E-state index is 10.6. The summed E-state index contributed by atoms with van der Waals surface area (Å²) >= 11 is 6.09. The minimum Gasteiger partial charge on any atom is -0.489 e. The molecule has 1 aromatic rings. The number of aromatic carboxylic acids is 1. The van der Waals surface area contributed by atoms with Crippen LogP contribution in [0.15, 0.2) is 24.3 Å². The van der Waals surface area contributed by atoms with Crippen LogP contribution in [0.5, 0.6) is 5.75 Å². The lowest BCUT2D eigenvalue weighted by atomic mass is 10.2. The van der Waals surface area contributed by atoms with Crippen LogP contribution in [-0.4, -0.2) is 22.6 Å². The van der Waals surface area contributed by atoms with Crippen molar-refractivity contribution in [1.29, 1.82) is 0 Å². The first-order valence-electron chi connectivity index (χ1n) is 5.31. The third kappa shape index (κ3) is 2.47. The summed E-state index contributed by atoms with van der Waals surface area (Å²) in [4.78, 5) is 10.6. The summed E-state index contributed by atoms with van der Waals surface area (Å²) in [5.74, 6) is -0.245. The quantitative estimate of drug-likeness (QED) is 0.827. The number of rotatable bonds is 3. The number of benzene rings is 1. The van der Waals surface area contributed by atoms with Crippen LogP contribution in [0.1, 0.15) is 29.6 Å². The highest BCUT2D eigenvalue weighted by molar-refractivity contribution is 6.21. The maximum Gasteiger partial charge on any atom is 0.335 e. The molecule has 1 aliphatic rings. The standard InChI is InChI=1S/C12H13ClO3/c13-10-2-1-3-11(10)16-9-6-4-8(5-7-9)12(14)15/h4-7,10-11H,1-3H2,(H,14,15). The number of ether oxygens (including phenoxy) is 1. The Labute approximate surface area is 99.0 Å². The molecule has 86 valence electrons. The molecule has 4 heteroatoms. The van der Waals surface area contributed by atoms with Gasteiger partial charge in [-0.2, -0.15) is 0 Å². The first-order valence-corrected chi connectivity index (χ1v) is 5.74. The molecule has 0 aliphatic heterocycles. The zero-order valence-electron chi connectivity index (χ0n) is 8.73. The van der Waals surface area contributed by atoms with Crippen molar-refractivity contribution in [1.82, 2.24) is 0 Å². The highest BCUT2D eigenvalue weighted by Crippen LogP contribution is 2.28. The molecule has 1 N–H and O–H groups in total. The summed E-state index contributed by atoms with van der Waals surface area (Å²) in [5.41, 5.74) is 0.265. The predicted octanol–water partition coefficient (Wildman–Crippen LogP) is 2.92. The number of halogens is 1. The molecule has 1 fully saturated rings. The van der Waals surface area contributed by atoms with Gasteiger partial charge in [-0.1, -0.05) is 0 Å². The van der Waals surface area contributed by atoms with Gasteiger partial charge in [0.25, 0.3) is 0 Å². The molecule has 0 radical (unpaired) electrons. The van der Waals surface area contributed by atoms with E-state index < -0.39 is 5.97 Å². The predicted molar refractivity (Wildman–Crippen MR) is 61.3 cm³/mol. The average Bonchev–Trinajstić information content (AvgIpc) is 2.65. The van der Waals surface area contributed by atoms with Crippen LogP contribution in [0.25, 0.3) is 0 Å². The van der Waals surface area contributed by atoms with Gasteiger partial charge in [0.1, 0.15) is 11.9 Å². The Kier molecular flexibility index (Phi) is 3.34. The molecule has 1 saturated carbocycles. The van der Waals surface area contributed by atoms with Crippen molar-refractivity contribution in [3.63, 3.8) is 0 Å². The second kappa shape index (κ2) is 4.74. The summed E-state index contributed by atoms with van der Waals surface area (Å²) in [6.45, 7) is 0. The zero-order chi connectivity index (χ0) is 11.5. The Morgan fingerprint density at radius 2 is 2.00 bits per heavy atom. The van der Waals surface area contributed by atoms with Crippen molar-refractivity contribution in [3.8, 4) is 5.75 Å². The van der Waals surface area contributed by atoms with E-state index in [1.165, 1.54) is 12.1 Å². The van der Waals surface area contributed by atoms with Crippen molar-refractivity contribution in [2.75, 3.05) is 0 Å². The van der Waals surface area contributed by atoms with Gasteiger partial charge in [-0.05, 0) is 43.5 Å². The van der Waals surface area contributed by atoms with Crippen LogP contribution in [0.3, 0.4) is 0 Å². The third-order valence-electron chi connectivity index (χ3n) is 2.76. The van der Waals surface area contributed by atoms with E-state index in [1.54, 1.807) is 12.1 Å². The van der Waals surface area contributed by atoms with Crippen molar-refractivity contribution >= 4 is 17.6 Å². The van der Waals surface area contributed by atoms with E-state index >= 15 is 0 Å².